The molecule has 0 saturated carbocycles. The minimum Gasteiger partial charge on any atom is -0.459 e. The van der Waals surface area contributed by atoms with Crippen LogP contribution in [-0.2, 0) is 6.42 Å². The number of amides is 2. The molecule has 0 saturated heterocycles. The lowest BCUT2D eigenvalue weighted by molar-refractivity contribution is 0.0962. The molecule has 4 rings (SSSR count). The molecule has 5 nitrogen and oxygen atoms in total. The molecule has 0 aliphatic carbocycles. The Morgan fingerprint density at radius 1 is 1.04 bits per heavy atom. The van der Waals surface area contributed by atoms with E-state index >= 15 is 0 Å². The summed E-state index contributed by atoms with van der Waals surface area (Å²) in [6.07, 6.45) is 2.09. The standard InChI is InChI=1S/C20H14F2N2O3/c21-14-3-1-4-15(22)18(14)19(25)23-13-7-6-12-8-9-24(16(12)11-13)20(26)17-5-2-10-27-17/h1-7,10-11H,8-9H2,(H,23,25). The zero-order valence-electron chi connectivity index (χ0n) is 14.0. The minimum absolute atomic E-state index is 0.214. The monoisotopic (exact) mass is 368 g/mol. The molecule has 0 fully saturated rings. The lowest BCUT2D eigenvalue weighted by Gasteiger charge is -2.17. The number of hydrogen-bond donors (Lipinski definition) is 1. The van der Waals surface area contributed by atoms with Crippen LogP contribution in [0.15, 0.2) is 59.2 Å². The Hall–Kier alpha value is -3.48. The zero-order valence-corrected chi connectivity index (χ0v) is 14.0. The number of carbonyl (C=O) groups excluding carboxylic acids is 2. The van der Waals surface area contributed by atoms with Gasteiger partial charge in [0, 0.05) is 17.9 Å². The summed E-state index contributed by atoms with van der Waals surface area (Å²) < 4.78 is 32.7. The SMILES string of the molecule is O=C(Nc1ccc2c(c1)N(C(=O)c1ccco1)CC2)c1c(F)cccc1F. The van der Waals surface area contributed by atoms with Crippen molar-refractivity contribution in [3.63, 3.8) is 0 Å². The van der Waals surface area contributed by atoms with Gasteiger partial charge in [0.25, 0.3) is 11.8 Å². The van der Waals surface area contributed by atoms with Gasteiger partial charge in [-0.3, -0.25) is 9.59 Å². The van der Waals surface area contributed by atoms with Crippen molar-refractivity contribution in [3.05, 3.63) is 83.3 Å². The number of carbonyl (C=O) groups is 2. The Morgan fingerprint density at radius 2 is 1.81 bits per heavy atom. The van der Waals surface area contributed by atoms with E-state index in [4.69, 9.17) is 4.42 Å². The predicted octanol–water partition coefficient (Wildman–Crippen LogP) is 4.01. The number of nitrogens with one attached hydrogen (secondary N) is 1. The largest absolute Gasteiger partial charge is 0.459 e. The molecule has 0 spiro atoms. The molecule has 2 heterocycles. The molecular weight excluding hydrogens is 354 g/mol. The maximum atomic E-state index is 13.8. The first kappa shape index (κ1) is 17.0. The van der Waals surface area contributed by atoms with E-state index in [-0.39, 0.29) is 11.7 Å². The number of hydrogen-bond acceptors (Lipinski definition) is 3. The van der Waals surface area contributed by atoms with Crippen molar-refractivity contribution in [1.82, 2.24) is 0 Å². The summed E-state index contributed by atoms with van der Waals surface area (Å²) in [6.45, 7) is 0.480. The molecule has 1 N–H and O–H groups in total. The Morgan fingerprint density at radius 3 is 2.52 bits per heavy atom. The smallest absolute Gasteiger partial charge is 0.293 e. The van der Waals surface area contributed by atoms with Gasteiger partial charge in [-0.1, -0.05) is 12.1 Å². The van der Waals surface area contributed by atoms with Gasteiger partial charge in [-0.2, -0.15) is 0 Å². The van der Waals surface area contributed by atoms with Crippen molar-refractivity contribution >= 4 is 23.2 Å². The Kier molecular flexibility index (Phi) is 4.19. The lowest BCUT2D eigenvalue weighted by Crippen LogP contribution is -2.28. The van der Waals surface area contributed by atoms with Crippen LogP contribution < -0.4 is 10.2 Å². The maximum absolute atomic E-state index is 13.8. The molecule has 3 aromatic rings. The molecule has 0 unspecified atom stereocenters. The van der Waals surface area contributed by atoms with Crippen LogP contribution >= 0.6 is 0 Å². The second-order valence-electron chi connectivity index (χ2n) is 6.08. The topological polar surface area (TPSA) is 62.6 Å². The lowest BCUT2D eigenvalue weighted by atomic mass is 10.1. The van der Waals surface area contributed by atoms with Crippen molar-refractivity contribution in [3.8, 4) is 0 Å². The van der Waals surface area contributed by atoms with Gasteiger partial charge in [0.05, 0.1) is 6.26 Å². The molecule has 1 aliphatic heterocycles. The van der Waals surface area contributed by atoms with Crippen molar-refractivity contribution in [2.24, 2.45) is 0 Å². The number of nitrogens with zero attached hydrogens (tertiary/aromatic N) is 1. The summed E-state index contributed by atoms with van der Waals surface area (Å²) in [6, 6.07) is 11.5. The van der Waals surface area contributed by atoms with Crippen LogP contribution in [0.25, 0.3) is 0 Å². The molecule has 136 valence electrons. The van der Waals surface area contributed by atoms with Gasteiger partial charge < -0.3 is 14.6 Å². The maximum Gasteiger partial charge on any atom is 0.293 e. The van der Waals surface area contributed by atoms with Gasteiger partial charge in [0.1, 0.15) is 17.2 Å². The van der Waals surface area contributed by atoms with Crippen LogP contribution in [0.4, 0.5) is 20.2 Å². The molecule has 2 amide bonds. The van der Waals surface area contributed by atoms with Crippen LogP contribution in [-0.4, -0.2) is 18.4 Å². The van der Waals surface area contributed by atoms with Crippen LogP contribution in [0.5, 0.6) is 0 Å². The molecule has 2 aromatic carbocycles. The molecule has 0 atom stereocenters. The first-order chi connectivity index (χ1) is 13.0. The Bertz CT molecular complexity index is 1010. The normalized spacial score (nSPS) is 12.7. The van der Waals surface area contributed by atoms with E-state index in [1.54, 1.807) is 35.2 Å². The van der Waals surface area contributed by atoms with Crippen molar-refractivity contribution in [2.75, 3.05) is 16.8 Å². The number of halogens is 2. The van der Waals surface area contributed by atoms with E-state index in [0.29, 0.717) is 24.3 Å². The van der Waals surface area contributed by atoms with Gasteiger partial charge in [-0.05, 0) is 48.4 Å². The summed E-state index contributed by atoms with van der Waals surface area (Å²) in [5.41, 5.74) is 1.25. The number of anilines is 2. The summed E-state index contributed by atoms with van der Waals surface area (Å²) in [5, 5.41) is 2.48. The average Bonchev–Trinajstić information content (AvgIpc) is 3.31. The highest BCUT2D eigenvalue weighted by Crippen LogP contribution is 2.32. The summed E-state index contributed by atoms with van der Waals surface area (Å²) in [4.78, 5) is 26.4. The second-order valence-corrected chi connectivity index (χ2v) is 6.08. The van der Waals surface area contributed by atoms with Crippen molar-refractivity contribution < 1.29 is 22.8 Å². The van der Waals surface area contributed by atoms with Crippen LogP contribution in [0.2, 0.25) is 0 Å². The highest BCUT2D eigenvalue weighted by Gasteiger charge is 2.27. The van der Waals surface area contributed by atoms with Crippen LogP contribution in [0.1, 0.15) is 26.5 Å². The fourth-order valence-corrected chi connectivity index (χ4v) is 3.11. The molecule has 27 heavy (non-hydrogen) atoms. The third-order valence-electron chi connectivity index (χ3n) is 4.41. The van der Waals surface area contributed by atoms with Gasteiger partial charge in [0.2, 0.25) is 0 Å². The number of benzene rings is 2. The van der Waals surface area contributed by atoms with E-state index in [1.807, 2.05) is 0 Å². The average molecular weight is 368 g/mol. The van der Waals surface area contributed by atoms with Crippen LogP contribution in [0.3, 0.4) is 0 Å². The Labute approximate surface area is 153 Å². The quantitative estimate of drug-likeness (QED) is 0.760. The number of fused-ring (bicyclic) bond motifs is 1. The van der Waals surface area contributed by atoms with Gasteiger partial charge in [-0.15, -0.1) is 0 Å². The van der Waals surface area contributed by atoms with E-state index in [2.05, 4.69) is 5.32 Å². The highest BCUT2D eigenvalue weighted by molar-refractivity contribution is 6.07. The molecule has 0 radical (unpaired) electrons. The van der Waals surface area contributed by atoms with E-state index in [0.717, 1.165) is 17.7 Å². The fraction of sp³-hybridized carbons (Fsp3) is 0.100. The Balaban J connectivity index is 1.61. The highest BCUT2D eigenvalue weighted by atomic mass is 19.1. The zero-order chi connectivity index (χ0) is 19.0. The molecular formula is C20H14F2N2O3. The van der Waals surface area contributed by atoms with E-state index in [1.165, 1.54) is 12.3 Å². The summed E-state index contributed by atoms with van der Waals surface area (Å²) in [7, 11) is 0. The van der Waals surface area contributed by atoms with E-state index in [9.17, 15) is 18.4 Å². The summed E-state index contributed by atoms with van der Waals surface area (Å²) >= 11 is 0. The van der Waals surface area contributed by atoms with Crippen molar-refractivity contribution in [2.45, 2.75) is 6.42 Å². The first-order valence-electron chi connectivity index (χ1n) is 8.28. The third-order valence-corrected chi connectivity index (χ3v) is 4.41. The van der Waals surface area contributed by atoms with Crippen molar-refractivity contribution in [1.29, 1.82) is 0 Å². The molecule has 1 aliphatic rings. The van der Waals surface area contributed by atoms with E-state index < -0.39 is 23.1 Å². The molecule has 1 aromatic heterocycles. The number of furan rings is 1. The van der Waals surface area contributed by atoms with Gasteiger partial charge in [-0.25, -0.2) is 8.78 Å². The van der Waals surface area contributed by atoms with Gasteiger partial charge in [0.15, 0.2) is 5.76 Å². The van der Waals surface area contributed by atoms with Gasteiger partial charge >= 0.3 is 0 Å². The predicted molar refractivity (Wildman–Crippen MR) is 94.8 cm³/mol. The first-order valence-corrected chi connectivity index (χ1v) is 8.28. The fourth-order valence-electron chi connectivity index (χ4n) is 3.11. The summed E-state index contributed by atoms with van der Waals surface area (Å²) in [5.74, 6) is -2.85. The second kappa shape index (κ2) is 6.68. The minimum atomic E-state index is -0.941. The third kappa shape index (κ3) is 3.08. The van der Waals surface area contributed by atoms with Crippen LogP contribution in [0, 0.1) is 11.6 Å². The molecule has 7 heteroatoms. The molecule has 0 bridgehead atoms. The number of rotatable bonds is 3.